The second kappa shape index (κ2) is 6.30. The number of allylic oxidation sites excluding steroid dienone is 1. The number of benzene rings is 1. The number of hydrogen-bond donors (Lipinski definition) is 1. The van der Waals surface area contributed by atoms with E-state index < -0.39 is 19.6 Å². The molecule has 6 heteroatoms. The molecular weight excluding hydrogens is 247 g/mol. The van der Waals surface area contributed by atoms with E-state index in [9.17, 15) is 13.2 Å². The predicted molar refractivity (Wildman–Crippen MR) is 62.3 cm³/mol. The van der Waals surface area contributed by atoms with Crippen LogP contribution in [0.1, 0.15) is 5.56 Å². The Morgan fingerprint density at radius 3 is 2.67 bits per heavy atom. The topological polar surface area (TPSA) is 44.5 Å². The van der Waals surface area contributed by atoms with Gasteiger partial charge in [-0.25, -0.2) is 0 Å². The van der Waals surface area contributed by atoms with Gasteiger partial charge < -0.3 is 15.2 Å². The minimum atomic E-state index is -4.35. The molecule has 0 unspecified atom stereocenters. The second-order valence-electron chi connectivity index (χ2n) is 3.59. The van der Waals surface area contributed by atoms with E-state index in [0.717, 1.165) is 5.56 Å². The van der Waals surface area contributed by atoms with Crippen LogP contribution in [0.5, 0.6) is 5.75 Å². The minimum absolute atomic E-state index is 0.436. The van der Waals surface area contributed by atoms with Crippen LogP contribution in [-0.4, -0.2) is 19.6 Å². The molecule has 0 saturated heterocycles. The highest BCUT2D eigenvalue weighted by Gasteiger charge is 2.27. The average molecular weight is 261 g/mol. The Morgan fingerprint density at radius 2 is 2.06 bits per heavy atom. The van der Waals surface area contributed by atoms with Crippen LogP contribution >= 0.6 is 0 Å². The first-order chi connectivity index (χ1) is 8.42. The van der Waals surface area contributed by atoms with Gasteiger partial charge in [-0.05, 0) is 24.6 Å². The van der Waals surface area contributed by atoms with Crippen LogP contribution < -0.4 is 10.5 Å². The zero-order valence-electron chi connectivity index (χ0n) is 9.67. The standard InChI is InChI=1S/C12H14F3NO2/c1-2-3-9-6-10(16)4-5-11(9)18-8-17-7-12(13,14)15/h2,4-6H,1,3,7-8,16H2. The minimum Gasteiger partial charge on any atom is -0.467 e. The molecule has 0 radical (unpaired) electrons. The number of hydrogen-bond acceptors (Lipinski definition) is 3. The van der Waals surface area contributed by atoms with E-state index in [1.165, 1.54) is 0 Å². The van der Waals surface area contributed by atoms with Crippen molar-refractivity contribution in [1.82, 2.24) is 0 Å². The van der Waals surface area contributed by atoms with Gasteiger partial charge >= 0.3 is 6.18 Å². The fourth-order valence-electron chi connectivity index (χ4n) is 1.32. The molecule has 0 spiro atoms. The maximum absolute atomic E-state index is 11.8. The number of nitrogens with two attached hydrogens (primary N) is 1. The molecule has 0 saturated carbocycles. The third-order valence-electron chi connectivity index (χ3n) is 2.01. The van der Waals surface area contributed by atoms with Crippen molar-refractivity contribution >= 4 is 5.69 Å². The summed E-state index contributed by atoms with van der Waals surface area (Å²) < 4.78 is 44.9. The molecule has 0 aliphatic carbocycles. The van der Waals surface area contributed by atoms with Gasteiger partial charge in [0, 0.05) is 11.3 Å². The molecule has 0 aromatic heterocycles. The predicted octanol–water partition coefficient (Wildman–Crippen LogP) is 2.91. The lowest BCUT2D eigenvalue weighted by molar-refractivity contribution is -0.186. The van der Waals surface area contributed by atoms with Gasteiger partial charge in [0.15, 0.2) is 6.79 Å². The number of rotatable bonds is 6. The second-order valence-corrected chi connectivity index (χ2v) is 3.59. The molecule has 2 N–H and O–H groups in total. The fraction of sp³-hybridized carbons (Fsp3) is 0.333. The van der Waals surface area contributed by atoms with Crippen molar-refractivity contribution in [3.63, 3.8) is 0 Å². The van der Waals surface area contributed by atoms with Gasteiger partial charge in [0.05, 0.1) is 0 Å². The third kappa shape index (κ3) is 5.09. The van der Waals surface area contributed by atoms with Crippen molar-refractivity contribution in [1.29, 1.82) is 0 Å². The Bertz CT molecular complexity index is 405. The summed E-state index contributed by atoms with van der Waals surface area (Å²) in [6, 6.07) is 4.87. The number of halogens is 3. The number of anilines is 1. The van der Waals surface area contributed by atoms with Gasteiger partial charge in [-0.3, -0.25) is 0 Å². The first-order valence-electron chi connectivity index (χ1n) is 5.19. The molecule has 1 aromatic carbocycles. The monoisotopic (exact) mass is 261 g/mol. The summed E-state index contributed by atoms with van der Waals surface area (Å²) in [7, 11) is 0. The molecule has 0 amide bonds. The van der Waals surface area contributed by atoms with E-state index in [0.29, 0.717) is 17.9 Å². The van der Waals surface area contributed by atoms with Crippen LogP contribution in [0.3, 0.4) is 0 Å². The summed E-state index contributed by atoms with van der Waals surface area (Å²) in [6.07, 6.45) is -2.19. The van der Waals surface area contributed by atoms with Crippen LogP contribution in [0, 0.1) is 0 Å². The molecule has 18 heavy (non-hydrogen) atoms. The van der Waals surface area contributed by atoms with E-state index in [1.807, 2.05) is 0 Å². The van der Waals surface area contributed by atoms with Crippen LogP contribution in [0.2, 0.25) is 0 Å². The fourth-order valence-corrected chi connectivity index (χ4v) is 1.32. The number of ether oxygens (including phenoxy) is 2. The smallest absolute Gasteiger partial charge is 0.411 e. The lowest BCUT2D eigenvalue weighted by atomic mass is 10.1. The molecule has 0 fully saturated rings. The van der Waals surface area contributed by atoms with E-state index in [1.54, 1.807) is 24.3 Å². The van der Waals surface area contributed by atoms with Crippen LogP contribution in [0.4, 0.5) is 18.9 Å². The maximum atomic E-state index is 11.8. The molecule has 1 aromatic rings. The Hall–Kier alpha value is -1.69. The molecule has 0 aliphatic rings. The zero-order chi connectivity index (χ0) is 13.6. The van der Waals surface area contributed by atoms with Crippen molar-refractivity contribution in [2.45, 2.75) is 12.6 Å². The first kappa shape index (κ1) is 14.4. The van der Waals surface area contributed by atoms with E-state index >= 15 is 0 Å². The Morgan fingerprint density at radius 1 is 1.33 bits per heavy atom. The molecule has 0 bridgehead atoms. The highest BCUT2D eigenvalue weighted by Crippen LogP contribution is 2.22. The van der Waals surface area contributed by atoms with Gasteiger partial charge in [0.1, 0.15) is 12.4 Å². The quantitative estimate of drug-likeness (QED) is 0.370. The van der Waals surface area contributed by atoms with Gasteiger partial charge in [-0.15, -0.1) is 6.58 Å². The Balaban J connectivity index is 2.53. The summed E-state index contributed by atoms with van der Waals surface area (Å²) >= 11 is 0. The van der Waals surface area contributed by atoms with E-state index in [4.69, 9.17) is 10.5 Å². The molecule has 0 atom stereocenters. The zero-order valence-corrected chi connectivity index (χ0v) is 9.67. The van der Waals surface area contributed by atoms with Crippen molar-refractivity contribution in [2.75, 3.05) is 19.1 Å². The molecule has 100 valence electrons. The normalized spacial score (nSPS) is 11.3. The van der Waals surface area contributed by atoms with Crippen LogP contribution in [0.15, 0.2) is 30.9 Å². The highest BCUT2D eigenvalue weighted by molar-refractivity contribution is 5.48. The van der Waals surface area contributed by atoms with Crippen molar-refractivity contribution in [2.24, 2.45) is 0 Å². The van der Waals surface area contributed by atoms with Crippen molar-refractivity contribution in [3.05, 3.63) is 36.4 Å². The summed E-state index contributed by atoms with van der Waals surface area (Å²) in [5.41, 5.74) is 6.90. The van der Waals surface area contributed by atoms with Crippen molar-refractivity contribution < 1.29 is 22.6 Å². The largest absolute Gasteiger partial charge is 0.467 e. The van der Waals surface area contributed by atoms with Gasteiger partial charge in [0.2, 0.25) is 0 Å². The lowest BCUT2D eigenvalue weighted by Crippen LogP contribution is -2.19. The van der Waals surface area contributed by atoms with E-state index in [-0.39, 0.29) is 0 Å². The summed E-state index contributed by atoms with van der Waals surface area (Å²) in [5, 5.41) is 0. The van der Waals surface area contributed by atoms with Gasteiger partial charge in [-0.2, -0.15) is 13.2 Å². The molecular formula is C12H14F3NO2. The number of alkyl halides is 3. The molecule has 1 rings (SSSR count). The third-order valence-corrected chi connectivity index (χ3v) is 2.01. The number of nitrogen functional groups attached to an aromatic ring is 1. The van der Waals surface area contributed by atoms with Crippen molar-refractivity contribution in [3.8, 4) is 5.75 Å². The van der Waals surface area contributed by atoms with Crippen LogP contribution in [0.25, 0.3) is 0 Å². The summed E-state index contributed by atoms with van der Waals surface area (Å²) in [6.45, 7) is 1.78. The average Bonchev–Trinajstić information content (AvgIpc) is 2.26. The SMILES string of the molecule is C=CCc1cc(N)ccc1OCOCC(F)(F)F. The molecule has 0 aliphatic heterocycles. The summed E-state index contributed by atoms with van der Waals surface area (Å²) in [4.78, 5) is 0. The Labute approximate surface area is 103 Å². The molecule has 0 heterocycles. The van der Waals surface area contributed by atoms with Crippen LogP contribution in [-0.2, 0) is 11.2 Å². The van der Waals surface area contributed by atoms with Gasteiger partial charge in [0.25, 0.3) is 0 Å². The Kier molecular flexibility index (Phi) is 5.03. The summed E-state index contributed by atoms with van der Waals surface area (Å²) in [5.74, 6) is 0.436. The molecule has 3 nitrogen and oxygen atoms in total. The maximum Gasteiger partial charge on any atom is 0.411 e. The first-order valence-corrected chi connectivity index (χ1v) is 5.19. The lowest BCUT2D eigenvalue weighted by Gasteiger charge is -2.12. The van der Waals surface area contributed by atoms with Gasteiger partial charge in [-0.1, -0.05) is 6.08 Å². The van der Waals surface area contributed by atoms with E-state index in [2.05, 4.69) is 11.3 Å². The highest BCUT2D eigenvalue weighted by atomic mass is 19.4.